The Balaban J connectivity index is 1.89. The molecule has 0 spiro atoms. The summed E-state index contributed by atoms with van der Waals surface area (Å²) < 4.78 is 40.0. The van der Waals surface area contributed by atoms with Crippen molar-refractivity contribution < 1.29 is 18.0 Å². The van der Waals surface area contributed by atoms with Gasteiger partial charge in [0.25, 0.3) is 5.91 Å². The third kappa shape index (κ3) is 4.93. The number of halogens is 3. The molecular weight excluding hydrogens is 349 g/mol. The van der Waals surface area contributed by atoms with Crippen molar-refractivity contribution in [1.29, 1.82) is 0 Å². The lowest BCUT2D eigenvalue weighted by molar-refractivity contribution is -0.141. The number of aryl methyl sites for hydroxylation is 2. The normalized spacial score (nSPS) is 12.7. The number of aromatic nitrogens is 4. The van der Waals surface area contributed by atoms with Gasteiger partial charge in [0.2, 0.25) is 5.95 Å². The zero-order chi connectivity index (χ0) is 19.5. The standard InChI is InChI=1S/C16H21F3N6O/c1-9(5-6-20-14(26)12-8-21-25(4)11(12)3)22-15-23-10(2)7-13(24-15)16(17,18)19/h7-9H,5-6H2,1-4H3,(H,20,26)(H,22,23,24)/t9-/m0/s1. The van der Waals surface area contributed by atoms with Crippen LogP contribution in [0.5, 0.6) is 0 Å². The molecule has 2 heterocycles. The number of nitrogens with zero attached hydrogens (tertiary/aromatic N) is 4. The lowest BCUT2D eigenvalue weighted by Crippen LogP contribution is -2.29. The Morgan fingerprint density at radius 1 is 1.31 bits per heavy atom. The van der Waals surface area contributed by atoms with Crippen LogP contribution in [0, 0.1) is 13.8 Å². The Labute approximate surface area is 149 Å². The molecule has 26 heavy (non-hydrogen) atoms. The smallest absolute Gasteiger partial charge is 0.352 e. The van der Waals surface area contributed by atoms with Gasteiger partial charge in [-0.25, -0.2) is 9.97 Å². The maximum atomic E-state index is 12.8. The van der Waals surface area contributed by atoms with Crippen molar-refractivity contribution in [2.75, 3.05) is 11.9 Å². The molecular formula is C16H21F3N6O. The van der Waals surface area contributed by atoms with Gasteiger partial charge in [0, 0.05) is 31.0 Å². The van der Waals surface area contributed by atoms with Gasteiger partial charge in [-0.3, -0.25) is 9.48 Å². The van der Waals surface area contributed by atoms with Crippen molar-refractivity contribution in [3.8, 4) is 0 Å². The van der Waals surface area contributed by atoms with E-state index in [1.54, 1.807) is 25.6 Å². The van der Waals surface area contributed by atoms with Crippen molar-refractivity contribution in [3.05, 3.63) is 34.9 Å². The van der Waals surface area contributed by atoms with E-state index in [-0.39, 0.29) is 23.6 Å². The minimum atomic E-state index is -4.52. The van der Waals surface area contributed by atoms with Crippen LogP contribution < -0.4 is 10.6 Å². The first kappa shape index (κ1) is 19.7. The predicted octanol–water partition coefficient (Wildman–Crippen LogP) is 2.47. The highest BCUT2D eigenvalue weighted by Crippen LogP contribution is 2.28. The molecule has 2 aromatic rings. The van der Waals surface area contributed by atoms with Crippen molar-refractivity contribution in [2.45, 2.75) is 39.4 Å². The van der Waals surface area contributed by atoms with E-state index in [1.807, 2.05) is 0 Å². The minimum Gasteiger partial charge on any atom is -0.352 e. The predicted molar refractivity (Wildman–Crippen MR) is 89.8 cm³/mol. The van der Waals surface area contributed by atoms with Gasteiger partial charge in [-0.05, 0) is 33.3 Å². The number of hydrogen-bond acceptors (Lipinski definition) is 5. The Hall–Kier alpha value is -2.65. The lowest BCUT2D eigenvalue weighted by atomic mass is 10.2. The number of nitrogens with one attached hydrogen (secondary N) is 2. The molecule has 0 aromatic carbocycles. The molecule has 2 aromatic heterocycles. The average Bonchev–Trinajstić information content (AvgIpc) is 2.85. The van der Waals surface area contributed by atoms with Crippen LogP contribution in [0.4, 0.5) is 19.1 Å². The second kappa shape index (κ2) is 7.71. The number of hydrogen-bond donors (Lipinski definition) is 2. The number of carbonyl (C=O) groups is 1. The van der Waals surface area contributed by atoms with E-state index in [4.69, 9.17) is 0 Å². The first-order valence-electron chi connectivity index (χ1n) is 8.04. The van der Waals surface area contributed by atoms with E-state index in [1.165, 1.54) is 13.1 Å². The second-order valence-corrected chi connectivity index (χ2v) is 6.07. The molecule has 2 N–H and O–H groups in total. The van der Waals surface area contributed by atoms with Crippen molar-refractivity contribution >= 4 is 11.9 Å². The third-order valence-corrected chi connectivity index (χ3v) is 3.86. The summed E-state index contributed by atoms with van der Waals surface area (Å²) in [6.45, 7) is 5.39. The number of alkyl halides is 3. The zero-order valence-corrected chi connectivity index (χ0v) is 15.0. The Kier molecular flexibility index (Phi) is 5.83. The van der Waals surface area contributed by atoms with Crippen LogP contribution in [0.25, 0.3) is 0 Å². The van der Waals surface area contributed by atoms with Gasteiger partial charge in [-0.15, -0.1) is 0 Å². The fourth-order valence-electron chi connectivity index (χ4n) is 2.29. The molecule has 0 aliphatic rings. The number of amides is 1. The summed E-state index contributed by atoms with van der Waals surface area (Å²) in [7, 11) is 1.75. The zero-order valence-electron chi connectivity index (χ0n) is 15.0. The van der Waals surface area contributed by atoms with Crippen LogP contribution in [0.3, 0.4) is 0 Å². The van der Waals surface area contributed by atoms with E-state index in [0.717, 1.165) is 11.8 Å². The van der Waals surface area contributed by atoms with Gasteiger partial charge in [0.1, 0.15) is 5.69 Å². The molecule has 0 bridgehead atoms. The molecule has 10 heteroatoms. The van der Waals surface area contributed by atoms with Crippen LogP contribution in [-0.2, 0) is 13.2 Å². The maximum Gasteiger partial charge on any atom is 0.433 e. The third-order valence-electron chi connectivity index (χ3n) is 3.86. The summed E-state index contributed by atoms with van der Waals surface area (Å²) in [6.07, 6.45) is -2.54. The molecule has 7 nitrogen and oxygen atoms in total. The first-order valence-corrected chi connectivity index (χ1v) is 8.04. The first-order chi connectivity index (χ1) is 12.1. The summed E-state index contributed by atoms with van der Waals surface area (Å²) in [5.74, 6) is -0.326. The Morgan fingerprint density at radius 2 is 2.00 bits per heavy atom. The summed E-state index contributed by atoms with van der Waals surface area (Å²) in [4.78, 5) is 19.6. The van der Waals surface area contributed by atoms with E-state index in [0.29, 0.717) is 18.5 Å². The van der Waals surface area contributed by atoms with Crippen LogP contribution >= 0.6 is 0 Å². The molecule has 142 valence electrons. The highest BCUT2D eigenvalue weighted by atomic mass is 19.4. The van der Waals surface area contributed by atoms with Gasteiger partial charge in [-0.2, -0.15) is 18.3 Å². The molecule has 0 radical (unpaired) electrons. The number of anilines is 1. The molecule has 0 saturated carbocycles. The molecule has 0 fully saturated rings. The van der Waals surface area contributed by atoms with Gasteiger partial charge in [0.05, 0.1) is 11.8 Å². The van der Waals surface area contributed by atoms with Gasteiger partial charge >= 0.3 is 6.18 Å². The highest BCUT2D eigenvalue weighted by Gasteiger charge is 2.33. The molecule has 1 atom stereocenters. The summed E-state index contributed by atoms with van der Waals surface area (Å²) in [5, 5.41) is 9.61. The van der Waals surface area contributed by atoms with Crippen molar-refractivity contribution in [2.24, 2.45) is 7.05 Å². The highest BCUT2D eigenvalue weighted by molar-refractivity contribution is 5.94. The molecule has 0 aliphatic carbocycles. The molecule has 2 rings (SSSR count). The minimum absolute atomic E-state index is 0.0840. The van der Waals surface area contributed by atoms with Crippen LogP contribution in [-0.4, -0.2) is 38.2 Å². The number of rotatable bonds is 6. The molecule has 0 saturated heterocycles. The average molecular weight is 370 g/mol. The van der Waals surface area contributed by atoms with E-state index < -0.39 is 11.9 Å². The molecule has 0 unspecified atom stereocenters. The van der Waals surface area contributed by atoms with E-state index in [2.05, 4.69) is 25.7 Å². The maximum absolute atomic E-state index is 12.8. The summed E-state index contributed by atoms with van der Waals surface area (Å²) >= 11 is 0. The van der Waals surface area contributed by atoms with Crippen LogP contribution in [0.2, 0.25) is 0 Å². The SMILES string of the molecule is Cc1cc(C(F)(F)F)nc(N[C@@H](C)CCNC(=O)c2cnn(C)c2C)n1. The number of carbonyl (C=O) groups excluding carboxylic acids is 1. The molecule has 1 amide bonds. The van der Waals surface area contributed by atoms with Crippen LogP contribution in [0.15, 0.2) is 12.3 Å². The largest absolute Gasteiger partial charge is 0.433 e. The second-order valence-electron chi connectivity index (χ2n) is 6.07. The van der Waals surface area contributed by atoms with Gasteiger partial charge in [-0.1, -0.05) is 0 Å². The van der Waals surface area contributed by atoms with Gasteiger partial charge < -0.3 is 10.6 Å². The van der Waals surface area contributed by atoms with Crippen molar-refractivity contribution in [1.82, 2.24) is 25.1 Å². The van der Waals surface area contributed by atoms with Gasteiger partial charge in [0.15, 0.2) is 0 Å². The summed E-state index contributed by atoms with van der Waals surface area (Å²) in [5.41, 5.74) is 0.480. The van der Waals surface area contributed by atoms with E-state index in [9.17, 15) is 18.0 Å². The summed E-state index contributed by atoms with van der Waals surface area (Å²) in [6, 6.07) is 0.667. The van der Waals surface area contributed by atoms with E-state index >= 15 is 0 Å². The topological polar surface area (TPSA) is 84.7 Å². The monoisotopic (exact) mass is 370 g/mol. The molecule has 0 aliphatic heterocycles. The lowest BCUT2D eigenvalue weighted by Gasteiger charge is -2.16. The Bertz CT molecular complexity index is 787. The fourth-order valence-corrected chi connectivity index (χ4v) is 2.29. The van der Waals surface area contributed by atoms with Crippen LogP contribution in [0.1, 0.15) is 40.8 Å². The fraction of sp³-hybridized carbons (Fsp3) is 0.500. The quantitative estimate of drug-likeness (QED) is 0.816. The Morgan fingerprint density at radius 3 is 2.58 bits per heavy atom. The van der Waals surface area contributed by atoms with Crippen molar-refractivity contribution in [3.63, 3.8) is 0 Å².